The normalized spacial score (nSPS) is 28.9. The van der Waals surface area contributed by atoms with Crippen molar-refractivity contribution in [3.63, 3.8) is 0 Å². The lowest BCUT2D eigenvalue weighted by Gasteiger charge is -2.57. The second-order valence-corrected chi connectivity index (χ2v) is 9.76. The lowest BCUT2D eigenvalue weighted by molar-refractivity contribution is -0.00617. The van der Waals surface area contributed by atoms with Crippen LogP contribution in [0, 0.1) is 17.8 Å². The zero-order valence-electron chi connectivity index (χ0n) is 17.1. The molecule has 4 aliphatic carbocycles. The van der Waals surface area contributed by atoms with Gasteiger partial charge in [-0.2, -0.15) is 0 Å². The number of carbonyl (C=O) groups is 2. The van der Waals surface area contributed by atoms with Crippen molar-refractivity contribution in [3.05, 3.63) is 59.2 Å². The van der Waals surface area contributed by atoms with E-state index in [9.17, 15) is 9.59 Å². The average Bonchev–Trinajstić information content (AvgIpc) is 2.72. The smallest absolute Gasteiger partial charge is 0.255 e. The highest BCUT2D eigenvalue weighted by Crippen LogP contribution is 2.61. The number of amides is 1. The first-order valence-electron chi connectivity index (χ1n) is 10.8. The van der Waals surface area contributed by atoms with E-state index in [1.807, 2.05) is 12.1 Å². The Morgan fingerprint density at radius 3 is 2.03 bits per heavy atom. The van der Waals surface area contributed by atoms with Crippen LogP contribution >= 0.6 is 11.6 Å². The van der Waals surface area contributed by atoms with Crippen LogP contribution in [0.5, 0.6) is 5.75 Å². The molecule has 5 heteroatoms. The quantitative estimate of drug-likeness (QED) is 0.619. The lowest BCUT2D eigenvalue weighted by Crippen LogP contribution is -2.48. The van der Waals surface area contributed by atoms with Gasteiger partial charge in [0.05, 0.1) is 7.11 Å². The molecule has 156 valence electrons. The van der Waals surface area contributed by atoms with Gasteiger partial charge in [0.15, 0.2) is 0 Å². The number of methoxy groups -OCH3 is 1. The maximum Gasteiger partial charge on any atom is 0.255 e. The minimum atomic E-state index is -0.511. The summed E-state index contributed by atoms with van der Waals surface area (Å²) in [5.74, 6) is 3.21. The number of nitrogens with one attached hydrogen (secondary N) is 1. The molecule has 4 aliphatic rings. The van der Waals surface area contributed by atoms with Crippen LogP contribution in [0.15, 0.2) is 42.5 Å². The Morgan fingerprint density at radius 1 is 0.933 bits per heavy atom. The van der Waals surface area contributed by atoms with E-state index < -0.39 is 5.24 Å². The van der Waals surface area contributed by atoms with Crippen LogP contribution in [0.3, 0.4) is 0 Å². The molecule has 4 saturated carbocycles. The lowest BCUT2D eigenvalue weighted by atomic mass is 9.48. The highest BCUT2D eigenvalue weighted by Gasteiger charge is 2.52. The van der Waals surface area contributed by atoms with Gasteiger partial charge in [-0.05, 0) is 116 Å². The Morgan fingerprint density at radius 2 is 1.50 bits per heavy atom. The van der Waals surface area contributed by atoms with Crippen LogP contribution in [0.4, 0.5) is 5.69 Å². The van der Waals surface area contributed by atoms with Gasteiger partial charge >= 0.3 is 0 Å². The van der Waals surface area contributed by atoms with Gasteiger partial charge in [-0.15, -0.1) is 0 Å². The molecule has 4 bridgehead atoms. The fraction of sp³-hybridized carbons (Fsp3) is 0.440. The second kappa shape index (κ2) is 7.42. The predicted molar refractivity (Wildman–Crippen MR) is 117 cm³/mol. The number of hydrogen-bond donors (Lipinski definition) is 1. The highest BCUT2D eigenvalue weighted by molar-refractivity contribution is 6.67. The number of rotatable bonds is 5. The first kappa shape index (κ1) is 19.6. The average molecular weight is 424 g/mol. The SMILES string of the molecule is COc1ccc(C(=O)Nc2ccc(C(=O)Cl)cc2)cc1C12CC3CC(CC(C3)C1)C2. The van der Waals surface area contributed by atoms with E-state index in [2.05, 4.69) is 11.4 Å². The van der Waals surface area contributed by atoms with E-state index in [0.29, 0.717) is 16.8 Å². The molecule has 0 aliphatic heterocycles. The van der Waals surface area contributed by atoms with E-state index in [0.717, 1.165) is 23.5 Å². The van der Waals surface area contributed by atoms with Gasteiger partial charge in [0.2, 0.25) is 0 Å². The van der Waals surface area contributed by atoms with Gasteiger partial charge in [0.25, 0.3) is 11.1 Å². The number of halogens is 1. The topological polar surface area (TPSA) is 55.4 Å². The van der Waals surface area contributed by atoms with E-state index in [1.165, 1.54) is 44.1 Å². The van der Waals surface area contributed by atoms with Crippen molar-refractivity contribution in [2.24, 2.45) is 17.8 Å². The van der Waals surface area contributed by atoms with Crippen molar-refractivity contribution < 1.29 is 14.3 Å². The summed E-state index contributed by atoms with van der Waals surface area (Å²) in [6.45, 7) is 0. The standard InChI is InChI=1S/C25H26ClNO3/c1-30-22-7-4-19(24(29)27-20-5-2-18(3-6-20)23(26)28)11-21(22)25-12-15-8-16(13-25)10-17(9-15)14-25/h2-7,11,15-17H,8-10,12-14H2,1H3,(H,27,29). The minimum absolute atomic E-state index is 0.152. The van der Waals surface area contributed by atoms with Crippen LogP contribution in [0.1, 0.15) is 64.8 Å². The summed E-state index contributed by atoms with van der Waals surface area (Å²) in [4.78, 5) is 24.2. The van der Waals surface area contributed by atoms with Gasteiger partial charge in [-0.3, -0.25) is 9.59 Å². The third-order valence-corrected chi connectivity index (χ3v) is 7.66. The molecule has 30 heavy (non-hydrogen) atoms. The van der Waals surface area contributed by atoms with Crippen LogP contribution in [-0.2, 0) is 5.41 Å². The summed E-state index contributed by atoms with van der Waals surface area (Å²) in [7, 11) is 1.72. The Kier molecular flexibility index (Phi) is 4.85. The van der Waals surface area contributed by atoms with Crippen molar-refractivity contribution in [2.45, 2.75) is 43.9 Å². The van der Waals surface area contributed by atoms with Crippen molar-refractivity contribution >= 4 is 28.4 Å². The van der Waals surface area contributed by atoms with Crippen LogP contribution in [-0.4, -0.2) is 18.3 Å². The fourth-order valence-corrected chi connectivity index (χ4v) is 6.72. The molecular weight excluding hydrogens is 398 g/mol. The molecule has 0 atom stereocenters. The molecule has 0 spiro atoms. The summed E-state index contributed by atoms with van der Waals surface area (Å²) in [5.41, 5.74) is 3.04. The van der Waals surface area contributed by atoms with Gasteiger partial charge in [-0.1, -0.05) is 0 Å². The molecule has 2 aromatic rings. The number of carbonyl (C=O) groups excluding carboxylic acids is 2. The fourth-order valence-electron chi connectivity index (χ4n) is 6.59. The molecule has 6 rings (SSSR count). The molecule has 0 heterocycles. The van der Waals surface area contributed by atoms with Crippen LogP contribution in [0.25, 0.3) is 0 Å². The molecule has 4 nitrogen and oxygen atoms in total. The predicted octanol–water partition coefficient (Wildman–Crippen LogP) is 5.79. The Balaban J connectivity index is 1.43. The van der Waals surface area contributed by atoms with Gasteiger partial charge in [-0.25, -0.2) is 0 Å². The van der Waals surface area contributed by atoms with E-state index >= 15 is 0 Å². The Labute approximate surface area is 182 Å². The summed E-state index contributed by atoms with van der Waals surface area (Å²) < 4.78 is 5.75. The summed E-state index contributed by atoms with van der Waals surface area (Å²) in [5, 5.41) is 2.42. The number of anilines is 1. The molecule has 1 amide bonds. The first-order valence-corrected chi connectivity index (χ1v) is 11.1. The monoisotopic (exact) mass is 423 g/mol. The third kappa shape index (κ3) is 3.41. The second-order valence-electron chi connectivity index (χ2n) is 9.42. The van der Waals surface area contributed by atoms with Gasteiger partial charge in [0, 0.05) is 22.4 Å². The highest BCUT2D eigenvalue weighted by atomic mass is 35.5. The maximum atomic E-state index is 13.0. The van der Waals surface area contributed by atoms with Crippen molar-refractivity contribution in [3.8, 4) is 5.75 Å². The van der Waals surface area contributed by atoms with Crippen LogP contribution < -0.4 is 10.1 Å². The minimum Gasteiger partial charge on any atom is -0.496 e. The largest absolute Gasteiger partial charge is 0.496 e. The van der Waals surface area contributed by atoms with Gasteiger partial charge < -0.3 is 10.1 Å². The zero-order chi connectivity index (χ0) is 20.9. The molecule has 0 aromatic heterocycles. The van der Waals surface area contributed by atoms with Crippen molar-refractivity contribution in [1.29, 1.82) is 0 Å². The molecular formula is C25H26ClNO3. The number of hydrogen-bond acceptors (Lipinski definition) is 3. The van der Waals surface area contributed by atoms with E-state index in [1.54, 1.807) is 31.4 Å². The van der Waals surface area contributed by atoms with Crippen LogP contribution in [0.2, 0.25) is 0 Å². The molecule has 0 unspecified atom stereocenters. The third-order valence-electron chi connectivity index (χ3n) is 7.44. The molecule has 2 aromatic carbocycles. The van der Waals surface area contributed by atoms with Gasteiger partial charge in [0.1, 0.15) is 5.75 Å². The maximum absolute atomic E-state index is 13.0. The van der Waals surface area contributed by atoms with E-state index in [-0.39, 0.29) is 11.3 Å². The molecule has 1 N–H and O–H groups in total. The Hall–Kier alpha value is -2.33. The summed E-state index contributed by atoms with van der Waals surface area (Å²) in [6.07, 6.45) is 7.78. The summed E-state index contributed by atoms with van der Waals surface area (Å²) >= 11 is 5.49. The van der Waals surface area contributed by atoms with Crippen molar-refractivity contribution in [2.75, 3.05) is 12.4 Å². The zero-order valence-corrected chi connectivity index (χ0v) is 17.9. The number of ether oxygens (including phenoxy) is 1. The number of benzene rings is 2. The van der Waals surface area contributed by atoms with E-state index in [4.69, 9.17) is 16.3 Å². The molecule has 4 fully saturated rings. The summed E-state index contributed by atoms with van der Waals surface area (Å²) in [6, 6.07) is 12.4. The molecule has 0 saturated heterocycles. The first-order chi connectivity index (χ1) is 14.5. The Bertz CT molecular complexity index is 963. The molecule has 0 radical (unpaired) electrons. The van der Waals surface area contributed by atoms with Crippen molar-refractivity contribution in [1.82, 2.24) is 0 Å².